The van der Waals surface area contributed by atoms with E-state index in [1.54, 1.807) is 12.1 Å². The zero-order valence-corrected chi connectivity index (χ0v) is 18.0. The first kappa shape index (κ1) is 23.9. The maximum atomic E-state index is 13.6. The zero-order chi connectivity index (χ0) is 20.5. The third-order valence-electron chi connectivity index (χ3n) is 5.83. The molecule has 0 unspecified atom stereocenters. The topological polar surface area (TPSA) is 69.1 Å². The molecule has 1 amide bonds. The van der Waals surface area contributed by atoms with Crippen molar-refractivity contribution in [3.63, 3.8) is 0 Å². The molecule has 158 valence electrons. The Bertz CT molecular complexity index is 899. The number of benzene rings is 2. The summed E-state index contributed by atoms with van der Waals surface area (Å²) in [6.45, 7) is 0. The molecule has 0 bridgehead atoms. The number of nitrogens with two attached hydrogens (primary N) is 2. The molecule has 8 heteroatoms. The van der Waals surface area contributed by atoms with Crippen LogP contribution in [0.1, 0.15) is 49.7 Å². The molecule has 0 radical (unpaired) electrons. The third kappa shape index (κ3) is 4.69. The quantitative estimate of drug-likeness (QED) is 0.620. The number of amides is 1. The van der Waals surface area contributed by atoms with Crippen LogP contribution < -0.4 is 11.5 Å². The summed E-state index contributed by atoms with van der Waals surface area (Å²) in [5.74, 6) is -1.11. The van der Waals surface area contributed by atoms with Crippen LogP contribution in [0, 0.1) is 11.6 Å². The van der Waals surface area contributed by atoms with E-state index in [1.807, 2.05) is 0 Å². The van der Waals surface area contributed by atoms with Gasteiger partial charge < -0.3 is 11.5 Å². The molecule has 0 atom stereocenters. The first-order valence-corrected chi connectivity index (χ1v) is 9.93. The molecule has 2 aliphatic rings. The summed E-state index contributed by atoms with van der Waals surface area (Å²) in [7, 11) is 0. The normalized spacial score (nSPS) is 18.2. The van der Waals surface area contributed by atoms with Crippen molar-refractivity contribution in [3.8, 4) is 0 Å². The molecule has 0 aliphatic heterocycles. The van der Waals surface area contributed by atoms with Gasteiger partial charge in [0.1, 0.15) is 11.6 Å². The van der Waals surface area contributed by atoms with Crippen molar-refractivity contribution in [1.29, 1.82) is 0 Å². The van der Waals surface area contributed by atoms with E-state index in [2.05, 4.69) is 0 Å². The largest absolute Gasteiger partial charge is 0.369 e. The van der Waals surface area contributed by atoms with E-state index >= 15 is 0 Å². The summed E-state index contributed by atoms with van der Waals surface area (Å²) in [5.41, 5.74) is 10.9. The zero-order valence-electron chi connectivity index (χ0n) is 15.7. The Hall–Kier alpha value is -1.40. The second-order valence-corrected chi connectivity index (χ2v) is 8.43. The predicted molar refractivity (Wildman–Crippen MR) is 115 cm³/mol. The van der Waals surface area contributed by atoms with E-state index < -0.39 is 22.7 Å². The molecule has 2 aliphatic carbocycles. The van der Waals surface area contributed by atoms with E-state index in [4.69, 9.17) is 34.7 Å². The van der Waals surface area contributed by atoms with Crippen LogP contribution in [0.3, 0.4) is 0 Å². The highest BCUT2D eigenvalue weighted by atomic mass is 35.5. The van der Waals surface area contributed by atoms with E-state index in [9.17, 15) is 13.6 Å². The molecule has 2 saturated carbocycles. The van der Waals surface area contributed by atoms with Gasteiger partial charge in [0, 0.05) is 26.7 Å². The van der Waals surface area contributed by atoms with E-state index in [-0.39, 0.29) is 18.2 Å². The highest BCUT2D eigenvalue weighted by molar-refractivity contribution is 6.31. The smallest absolute Gasteiger partial charge is 0.228 e. The first-order valence-electron chi connectivity index (χ1n) is 9.18. The monoisotopic (exact) mass is 462 g/mol. The number of carbonyl (C=O) groups is 1. The SMILES string of the molecule is Cl.NC(=O)C1(c2cc(Cl)ccc2F)CCC1.NC1(c2cc(Cl)ccc2F)CCC1. The van der Waals surface area contributed by atoms with Gasteiger partial charge in [-0.25, -0.2) is 8.78 Å². The molecule has 0 spiro atoms. The fourth-order valence-electron chi connectivity index (χ4n) is 3.75. The van der Waals surface area contributed by atoms with Crippen LogP contribution in [0.25, 0.3) is 0 Å². The number of rotatable bonds is 3. The highest BCUT2D eigenvalue weighted by Crippen LogP contribution is 2.45. The minimum absolute atomic E-state index is 0. The lowest BCUT2D eigenvalue weighted by Crippen LogP contribution is -2.47. The third-order valence-corrected chi connectivity index (χ3v) is 6.30. The fraction of sp³-hybridized carbons (Fsp3) is 0.381. The van der Waals surface area contributed by atoms with Crippen molar-refractivity contribution < 1.29 is 13.6 Å². The van der Waals surface area contributed by atoms with Crippen molar-refractivity contribution in [2.24, 2.45) is 11.5 Å². The predicted octanol–water partition coefficient (Wildman–Crippen LogP) is 5.62. The molecule has 2 aromatic carbocycles. The van der Waals surface area contributed by atoms with Crippen LogP contribution in [-0.4, -0.2) is 5.91 Å². The van der Waals surface area contributed by atoms with Crippen LogP contribution in [0.5, 0.6) is 0 Å². The lowest BCUT2D eigenvalue weighted by atomic mass is 9.64. The average Bonchev–Trinajstić information content (AvgIpc) is 2.57. The highest BCUT2D eigenvalue weighted by Gasteiger charge is 2.46. The van der Waals surface area contributed by atoms with Crippen LogP contribution in [0.15, 0.2) is 36.4 Å². The Morgan fingerprint density at radius 2 is 1.31 bits per heavy atom. The van der Waals surface area contributed by atoms with Gasteiger partial charge in [-0.1, -0.05) is 29.6 Å². The van der Waals surface area contributed by atoms with Gasteiger partial charge in [-0.3, -0.25) is 4.79 Å². The maximum absolute atomic E-state index is 13.6. The molecule has 29 heavy (non-hydrogen) atoms. The second-order valence-electron chi connectivity index (χ2n) is 7.56. The van der Waals surface area contributed by atoms with E-state index in [1.165, 1.54) is 24.3 Å². The van der Waals surface area contributed by atoms with E-state index in [0.717, 1.165) is 25.7 Å². The molecule has 2 aromatic rings. The molecule has 2 fully saturated rings. The molecule has 0 heterocycles. The number of halogens is 5. The van der Waals surface area contributed by atoms with Gasteiger partial charge in [-0.05, 0) is 68.5 Å². The van der Waals surface area contributed by atoms with E-state index in [0.29, 0.717) is 34.0 Å². The van der Waals surface area contributed by atoms with Crippen molar-refractivity contribution in [2.45, 2.75) is 49.5 Å². The van der Waals surface area contributed by atoms with Gasteiger partial charge >= 0.3 is 0 Å². The standard InChI is InChI=1S/C11H11ClFNO.C10H11ClFN.ClH/c12-7-2-3-9(13)8(6-7)11(10(14)15)4-1-5-11;11-7-2-3-9(12)8(6-7)10(13)4-1-5-10;/h2-3,6H,1,4-5H2,(H2,14,15);2-3,6H,1,4-5,13H2;1H. The first-order chi connectivity index (χ1) is 13.2. The fourth-order valence-corrected chi connectivity index (χ4v) is 4.09. The van der Waals surface area contributed by atoms with Crippen molar-refractivity contribution in [3.05, 3.63) is 69.2 Å². The Morgan fingerprint density at radius 1 is 0.862 bits per heavy atom. The summed E-state index contributed by atoms with van der Waals surface area (Å²) in [6, 6.07) is 8.80. The Morgan fingerprint density at radius 3 is 1.69 bits per heavy atom. The Labute approximate surface area is 185 Å². The van der Waals surface area contributed by atoms with Crippen LogP contribution in [0.2, 0.25) is 10.0 Å². The summed E-state index contributed by atoms with van der Waals surface area (Å²) in [4.78, 5) is 11.4. The minimum atomic E-state index is -0.824. The lowest BCUT2D eigenvalue weighted by molar-refractivity contribution is -0.126. The summed E-state index contributed by atoms with van der Waals surface area (Å²) in [5, 5.41) is 0.979. The molecule has 3 nitrogen and oxygen atoms in total. The van der Waals surface area contributed by atoms with Gasteiger partial charge in [0.2, 0.25) is 5.91 Å². The Balaban J connectivity index is 0.000000202. The number of hydrogen-bond donors (Lipinski definition) is 2. The van der Waals surface area contributed by atoms with Crippen molar-refractivity contribution >= 4 is 41.5 Å². The van der Waals surface area contributed by atoms with Crippen LogP contribution in [0.4, 0.5) is 8.78 Å². The van der Waals surface area contributed by atoms with Gasteiger partial charge in [-0.15, -0.1) is 12.4 Å². The number of hydrogen-bond acceptors (Lipinski definition) is 2. The van der Waals surface area contributed by atoms with Crippen LogP contribution >= 0.6 is 35.6 Å². The average molecular weight is 464 g/mol. The lowest BCUT2D eigenvalue weighted by Gasteiger charge is -2.39. The molecule has 4 N–H and O–H groups in total. The number of carbonyl (C=O) groups excluding carboxylic acids is 1. The molecule has 0 saturated heterocycles. The Kier molecular flexibility index (Phi) is 7.55. The number of primary amides is 1. The molecular formula is C21H23Cl3F2N2O. The van der Waals surface area contributed by atoms with Gasteiger partial charge in [-0.2, -0.15) is 0 Å². The van der Waals surface area contributed by atoms with Gasteiger partial charge in [0.15, 0.2) is 0 Å². The van der Waals surface area contributed by atoms with Crippen molar-refractivity contribution in [2.75, 3.05) is 0 Å². The van der Waals surface area contributed by atoms with Gasteiger partial charge in [0.25, 0.3) is 0 Å². The second kappa shape index (κ2) is 9.17. The molecular weight excluding hydrogens is 441 g/mol. The summed E-state index contributed by atoms with van der Waals surface area (Å²) < 4.78 is 26.9. The molecule has 4 rings (SSSR count). The molecule has 0 aromatic heterocycles. The van der Waals surface area contributed by atoms with Crippen molar-refractivity contribution in [1.82, 2.24) is 0 Å². The summed E-state index contributed by atoms with van der Waals surface area (Å²) in [6.07, 6.45) is 4.89. The summed E-state index contributed by atoms with van der Waals surface area (Å²) >= 11 is 11.6. The minimum Gasteiger partial charge on any atom is -0.369 e. The van der Waals surface area contributed by atoms with Gasteiger partial charge in [0.05, 0.1) is 5.41 Å². The van der Waals surface area contributed by atoms with Crippen LogP contribution in [-0.2, 0) is 15.7 Å². The maximum Gasteiger partial charge on any atom is 0.228 e.